The number of aliphatic hydroxyl groups is 2. The van der Waals surface area contributed by atoms with E-state index < -0.39 is 6.29 Å². The van der Waals surface area contributed by atoms with E-state index in [1.165, 1.54) is 11.8 Å². The van der Waals surface area contributed by atoms with Crippen LogP contribution < -0.4 is 4.74 Å². The van der Waals surface area contributed by atoms with E-state index in [9.17, 15) is 0 Å². The Labute approximate surface area is 81.4 Å². The van der Waals surface area contributed by atoms with E-state index in [4.69, 9.17) is 14.9 Å². The van der Waals surface area contributed by atoms with E-state index in [-0.39, 0.29) is 5.75 Å². The van der Waals surface area contributed by atoms with Crippen molar-refractivity contribution in [1.29, 1.82) is 0 Å². The molecule has 3 nitrogen and oxygen atoms in total. The van der Waals surface area contributed by atoms with Crippen molar-refractivity contribution in [2.24, 2.45) is 0 Å². The second-order valence-electron chi connectivity index (χ2n) is 2.47. The highest BCUT2D eigenvalue weighted by Gasteiger charge is 2.00. The van der Waals surface area contributed by atoms with Crippen molar-refractivity contribution in [3.8, 4) is 5.75 Å². The van der Waals surface area contributed by atoms with Gasteiger partial charge in [0.1, 0.15) is 5.75 Å². The molecular formula is C9H12O3S. The Balaban J connectivity index is 2.56. The summed E-state index contributed by atoms with van der Waals surface area (Å²) >= 11 is 1.38. The number of hydrogen-bond acceptors (Lipinski definition) is 4. The molecule has 13 heavy (non-hydrogen) atoms. The summed E-state index contributed by atoms with van der Waals surface area (Å²) in [6.45, 7) is 0. The molecule has 0 spiro atoms. The number of thioether (sulfide) groups is 1. The summed E-state index contributed by atoms with van der Waals surface area (Å²) in [5.74, 6) is 1.05. The molecule has 1 aromatic rings. The normalized spacial score (nSPS) is 10.5. The van der Waals surface area contributed by atoms with Crippen molar-refractivity contribution in [3.63, 3.8) is 0 Å². The van der Waals surface area contributed by atoms with Gasteiger partial charge in [-0.15, -0.1) is 11.8 Å². The number of ether oxygens (including phenoxy) is 1. The SMILES string of the molecule is COc1cccc(SCC(O)O)c1. The zero-order chi connectivity index (χ0) is 9.68. The first-order chi connectivity index (χ1) is 6.22. The molecule has 0 aliphatic heterocycles. The molecule has 0 aliphatic carbocycles. The van der Waals surface area contributed by atoms with Gasteiger partial charge in [-0.05, 0) is 18.2 Å². The molecule has 0 saturated carbocycles. The quantitative estimate of drug-likeness (QED) is 0.564. The van der Waals surface area contributed by atoms with Gasteiger partial charge in [0.05, 0.1) is 7.11 Å². The standard InChI is InChI=1S/C9H12O3S/c1-12-7-3-2-4-8(5-7)13-6-9(10)11/h2-5,9-11H,6H2,1H3. The van der Waals surface area contributed by atoms with Crippen molar-refractivity contribution < 1.29 is 14.9 Å². The Kier molecular flexibility index (Phi) is 4.08. The van der Waals surface area contributed by atoms with Crippen LogP contribution in [0.2, 0.25) is 0 Å². The zero-order valence-electron chi connectivity index (χ0n) is 7.30. The molecule has 2 N–H and O–H groups in total. The van der Waals surface area contributed by atoms with Crippen molar-refractivity contribution in [2.75, 3.05) is 12.9 Å². The van der Waals surface area contributed by atoms with Crippen LogP contribution in [0.3, 0.4) is 0 Å². The van der Waals surface area contributed by atoms with Gasteiger partial charge in [-0.25, -0.2) is 0 Å². The van der Waals surface area contributed by atoms with Crippen molar-refractivity contribution in [1.82, 2.24) is 0 Å². The molecule has 0 atom stereocenters. The van der Waals surface area contributed by atoms with Gasteiger partial charge < -0.3 is 14.9 Å². The number of aliphatic hydroxyl groups excluding tert-OH is 1. The highest BCUT2D eigenvalue weighted by atomic mass is 32.2. The van der Waals surface area contributed by atoms with Gasteiger partial charge in [0, 0.05) is 10.6 Å². The minimum atomic E-state index is -1.27. The molecule has 4 heteroatoms. The summed E-state index contributed by atoms with van der Waals surface area (Å²) in [6, 6.07) is 7.47. The Bertz CT molecular complexity index is 263. The molecule has 0 bridgehead atoms. The predicted molar refractivity (Wildman–Crippen MR) is 51.9 cm³/mol. The third-order valence-electron chi connectivity index (χ3n) is 1.44. The van der Waals surface area contributed by atoms with E-state index in [2.05, 4.69) is 0 Å². The molecule has 0 aliphatic rings. The van der Waals surface area contributed by atoms with E-state index in [1.807, 2.05) is 24.3 Å². The Hall–Kier alpha value is -0.710. The number of benzene rings is 1. The summed E-state index contributed by atoms with van der Waals surface area (Å²) < 4.78 is 5.02. The van der Waals surface area contributed by atoms with E-state index in [1.54, 1.807) is 7.11 Å². The first-order valence-corrected chi connectivity index (χ1v) is 4.84. The number of rotatable bonds is 4. The summed E-state index contributed by atoms with van der Waals surface area (Å²) in [5, 5.41) is 17.3. The van der Waals surface area contributed by atoms with Crippen molar-refractivity contribution >= 4 is 11.8 Å². The topological polar surface area (TPSA) is 49.7 Å². The van der Waals surface area contributed by atoms with Gasteiger partial charge in [-0.3, -0.25) is 0 Å². The molecule has 0 amide bonds. The minimum absolute atomic E-state index is 0.271. The van der Waals surface area contributed by atoms with Gasteiger partial charge in [0.2, 0.25) is 0 Å². The lowest BCUT2D eigenvalue weighted by Gasteiger charge is -2.04. The van der Waals surface area contributed by atoms with Gasteiger partial charge in [0.15, 0.2) is 6.29 Å². The third-order valence-corrected chi connectivity index (χ3v) is 2.49. The smallest absolute Gasteiger partial charge is 0.160 e. The fourth-order valence-corrected chi connectivity index (χ4v) is 1.58. The molecule has 1 aromatic carbocycles. The van der Waals surface area contributed by atoms with Crippen LogP contribution in [0.4, 0.5) is 0 Å². The average Bonchev–Trinajstić information content (AvgIpc) is 2.15. The van der Waals surface area contributed by atoms with E-state index in [0.717, 1.165) is 10.6 Å². The lowest BCUT2D eigenvalue weighted by Crippen LogP contribution is -2.06. The average molecular weight is 200 g/mol. The monoisotopic (exact) mass is 200 g/mol. The molecule has 0 heterocycles. The Morgan fingerprint density at radius 1 is 1.46 bits per heavy atom. The van der Waals surface area contributed by atoms with E-state index >= 15 is 0 Å². The Morgan fingerprint density at radius 2 is 2.23 bits per heavy atom. The van der Waals surface area contributed by atoms with Gasteiger partial charge in [-0.2, -0.15) is 0 Å². The second-order valence-corrected chi connectivity index (χ2v) is 3.56. The van der Waals surface area contributed by atoms with Crippen molar-refractivity contribution in [2.45, 2.75) is 11.2 Å². The van der Waals surface area contributed by atoms with Crippen LogP contribution in [-0.2, 0) is 0 Å². The zero-order valence-corrected chi connectivity index (χ0v) is 8.12. The van der Waals surface area contributed by atoms with Crippen LogP contribution >= 0.6 is 11.8 Å². The molecule has 0 unspecified atom stereocenters. The van der Waals surface area contributed by atoms with Crippen LogP contribution in [0.15, 0.2) is 29.2 Å². The Morgan fingerprint density at radius 3 is 2.85 bits per heavy atom. The predicted octanol–water partition coefficient (Wildman–Crippen LogP) is 1.10. The van der Waals surface area contributed by atoms with Crippen LogP contribution in [0.5, 0.6) is 5.75 Å². The first kappa shape index (κ1) is 10.4. The molecule has 72 valence electrons. The van der Waals surface area contributed by atoms with E-state index in [0.29, 0.717) is 0 Å². The molecule has 0 aromatic heterocycles. The van der Waals surface area contributed by atoms with Crippen molar-refractivity contribution in [3.05, 3.63) is 24.3 Å². The highest BCUT2D eigenvalue weighted by molar-refractivity contribution is 7.99. The molecule has 1 rings (SSSR count). The lowest BCUT2D eigenvalue weighted by molar-refractivity contribution is -0.0186. The lowest BCUT2D eigenvalue weighted by atomic mass is 10.3. The van der Waals surface area contributed by atoms with Crippen LogP contribution in [0.25, 0.3) is 0 Å². The largest absolute Gasteiger partial charge is 0.497 e. The van der Waals surface area contributed by atoms with Gasteiger partial charge in [0.25, 0.3) is 0 Å². The summed E-state index contributed by atoms with van der Waals surface area (Å²) in [5.41, 5.74) is 0. The second kappa shape index (κ2) is 5.11. The molecule has 0 fully saturated rings. The molecular weight excluding hydrogens is 188 g/mol. The summed E-state index contributed by atoms with van der Waals surface area (Å²) in [4.78, 5) is 0.965. The summed E-state index contributed by atoms with van der Waals surface area (Å²) in [6.07, 6.45) is -1.27. The maximum atomic E-state index is 8.64. The third kappa shape index (κ3) is 3.67. The van der Waals surface area contributed by atoms with Crippen LogP contribution in [-0.4, -0.2) is 29.4 Å². The maximum absolute atomic E-state index is 8.64. The fraction of sp³-hybridized carbons (Fsp3) is 0.333. The fourth-order valence-electron chi connectivity index (χ4n) is 0.862. The highest BCUT2D eigenvalue weighted by Crippen LogP contribution is 2.22. The summed E-state index contributed by atoms with van der Waals surface area (Å²) in [7, 11) is 1.60. The van der Waals surface area contributed by atoms with Crippen LogP contribution in [0.1, 0.15) is 0 Å². The maximum Gasteiger partial charge on any atom is 0.160 e. The number of methoxy groups -OCH3 is 1. The van der Waals surface area contributed by atoms with Gasteiger partial charge in [-0.1, -0.05) is 6.07 Å². The van der Waals surface area contributed by atoms with Crippen LogP contribution in [0, 0.1) is 0 Å². The molecule has 0 radical (unpaired) electrons. The molecule has 0 saturated heterocycles. The number of hydrogen-bond donors (Lipinski definition) is 2. The van der Waals surface area contributed by atoms with Gasteiger partial charge >= 0.3 is 0 Å². The first-order valence-electron chi connectivity index (χ1n) is 3.85. The minimum Gasteiger partial charge on any atom is -0.497 e.